The van der Waals surface area contributed by atoms with E-state index in [4.69, 9.17) is 5.73 Å². The van der Waals surface area contributed by atoms with Gasteiger partial charge in [-0.1, -0.05) is 60.7 Å². The lowest BCUT2D eigenvalue weighted by Crippen LogP contribution is -2.53. The van der Waals surface area contributed by atoms with E-state index in [0.717, 1.165) is 11.1 Å². The molecule has 0 aliphatic heterocycles. The first-order valence-corrected chi connectivity index (χ1v) is 11.8. The SMILES string of the molecule is COC(=O)[C@@H](N)Cc1cn(C(=O)[C@H](Cc2ccccc2)NC(=O)[C@H](Cc2ccccc2)NC(C)=O)cn1. The van der Waals surface area contributed by atoms with Crippen LogP contribution in [0.4, 0.5) is 0 Å². The second-order valence-electron chi connectivity index (χ2n) is 8.64. The lowest BCUT2D eigenvalue weighted by Gasteiger charge is -2.23. The van der Waals surface area contributed by atoms with Crippen molar-refractivity contribution in [2.75, 3.05) is 7.11 Å². The number of hydrogen-bond acceptors (Lipinski definition) is 7. The normalized spacial score (nSPS) is 13.2. The van der Waals surface area contributed by atoms with Gasteiger partial charge in [0.2, 0.25) is 11.8 Å². The van der Waals surface area contributed by atoms with Crippen LogP contribution in [0.15, 0.2) is 73.2 Å². The molecule has 0 aliphatic rings. The number of rotatable bonds is 11. The van der Waals surface area contributed by atoms with E-state index in [9.17, 15) is 19.2 Å². The number of nitrogens with one attached hydrogen (secondary N) is 2. The monoisotopic (exact) mass is 505 g/mol. The van der Waals surface area contributed by atoms with Crippen LogP contribution in [0.1, 0.15) is 28.5 Å². The van der Waals surface area contributed by atoms with E-state index in [1.807, 2.05) is 60.7 Å². The average molecular weight is 506 g/mol. The van der Waals surface area contributed by atoms with Crippen molar-refractivity contribution < 1.29 is 23.9 Å². The molecule has 0 radical (unpaired) electrons. The molecular formula is C27H31N5O5. The van der Waals surface area contributed by atoms with E-state index in [1.54, 1.807) is 0 Å². The molecule has 0 unspecified atom stereocenters. The van der Waals surface area contributed by atoms with Gasteiger partial charge in [0.15, 0.2) is 0 Å². The molecule has 37 heavy (non-hydrogen) atoms. The maximum absolute atomic E-state index is 13.5. The Morgan fingerprint density at radius 1 is 0.892 bits per heavy atom. The Kier molecular flexibility index (Phi) is 9.68. The average Bonchev–Trinajstić information content (AvgIpc) is 3.36. The van der Waals surface area contributed by atoms with Crippen LogP contribution in [-0.2, 0) is 38.4 Å². The fourth-order valence-corrected chi connectivity index (χ4v) is 3.86. The summed E-state index contributed by atoms with van der Waals surface area (Å²) in [7, 11) is 1.24. The van der Waals surface area contributed by atoms with Crippen molar-refractivity contribution in [3.05, 3.63) is 90.0 Å². The zero-order valence-electron chi connectivity index (χ0n) is 20.8. The summed E-state index contributed by atoms with van der Waals surface area (Å²) in [6.07, 6.45) is 3.37. The zero-order valence-corrected chi connectivity index (χ0v) is 20.8. The fourth-order valence-electron chi connectivity index (χ4n) is 3.86. The Morgan fingerprint density at radius 3 is 2.00 bits per heavy atom. The van der Waals surface area contributed by atoms with Crippen LogP contribution in [0, 0.1) is 0 Å². The second kappa shape index (κ2) is 13.1. The van der Waals surface area contributed by atoms with Gasteiger partial charge >= 0.3 is 5.97 Å². The smallest absolute Gasteiger partial charge is 0.323 e. The number of aromatic nitrogens is 2. The van der Waals surface area contributed by atoms with E-state index in [2.05, 4.69) is 20.4 Å². The molecule has 0 saturated carbocycles. The number of hydrogen-bond donors (Lipinski definition) is 3. The summed E-state index contributed by atoms with van der Waals surface area (Å²) in [5, 5.41) is 5.50. The van der Waals surface area contributed by atoms with Crippen molar-refractivity contribution in [3.63, 3.8) is 0 Å². The minimum absolute atomic E-state index is 0.0876. The van der Waals surface area contributed by atoms with E-state index in [0.29, 0.717) is 5.69 Å². The highest BCUT2D eigenvalue weighted by atomic mass is 16.5. The van der Waals surface area contributed by atoms with E-state index < -0.39 is 35.9 Å². The third-order valence-corrected chi connectivity index (χ3v) is 5.70. The summed E-state index contributed by atoms with van der Waals surface area (Å²) in [5.74, 6) is -1.86. The molecule has 0 spiro atoms. The van der Waals surface area contributed by atoms with Crippen molar-refractivity contribution in [1.82, 2.24) is 20.2 Å². The Labute approximate surface area is 215 Å². The number of benzene rings is 2. The lowest BCUT2D eigenvalue weighted by atomic mass is 10.0. The van der Waals surface area contributed by atoms with Crippen LogP contribution >= 0.6 is 0 Å². The predicted octanol–water partition coefficient (Wildman–Crippen LogP) is 1.04. The molecule has 1 aromatic heterocycles. The van der Waals surface area contributed by atoms with Crippen LogP contribution in [0.3, 0.4) is 0 Å². The van der Waals surface area contributed by atoms with Gasteiger partial charge in [0.05, 0.1) is 12.8 Å². The molecule has 4 N–H and O–H groups in total. The van der Waals surface area contributed by atoms with Gasteiger partial charge in [-0.15, -0.1) is 0 Å². The Hall–Kier alpha value is -4.31. The van der Waals surface area contributed by atoms with Gasteiger partial charge in [-0.3, -0.25) is 23.7 Å². The highest BCUT2D eigenvalue weighted by Gasteiger charge is 2.28. The Bertz CT molecular complexity index is 1210. The Morgan fingerprint density at radius 2 is 1.46 bits per heavy atom. The van der Waals surface area contributed by atoms with E-state index >= 15 is 0 Å². The molecule has 0 saturated heterocycles. The van der Waals surface area contributed by atoms with Gasteiger partial charge in [-0.25, -0.2) is 4.98 Å². The topological polar surface area (TPSA) is 145 Å². The summed E-state index contributed by atoms with van der Waals surface area (Å²) in [6.45, 7) is 1.34. The fraction of sp³-hybridized carbons (Fsp3) is 0.296. The number of amides is 2. The number of carbonyl (C=O) groups excluding carboxylic acids is 4. The lowest BCUT2D eigenvalue weighted by molar-refractivity contribution is -0.142. The molecule has 0 fully saturated rings. The standard InChI is InChI=1S/C27H31N5O5/c1-18(33)30-23(13-19-9-5-3-6-10-19)25(34)31-24(14-20-11-7-4-8-12-20)26(35)32-16-21(29-17-32)15-22(28)27(36)37-2/h3-12,16-17,22-24H,13-15,28H2,1-2H3,(H,30,33)(H,31,34)/t22-,23-,24-/m0/s1. The quantitative estimate of drug-likeness (QED) is 0.330. The first kappa shape index (κ1) is 27.3. The minimum Gasteiger partial charge on any atom is -0.468 e. The highest BCUT2D eigenvalue weighted by molar-refractivity contribution is 5.93. The molecule has 10 heteroatoms. The first-order valence-electron chi connectivity index (χ1n) is 11.8. The maximum Gasteiger partial charge on any atom is 0.323 e. The number of esters is 1. The van der Waals surface area contributed by atoms with Crippen molar-refractivity contribution in [3.8, 4) is 0 Å². The van der Waals surface area contributed by atoms with Crippen LogP contribution in [0.2, 0.25) is 0 Å². The first-order chi connectivity index (χ1) is 17.8. The molecule has 1 heterocycles. The van der Waals surface area contributed by atoms with Gasteiger partial charge in [0, 0.05) is 32.4 Å². The largest absolute Gasteiger partial charge is 0.468 e. The van der Waals surface area contributed by atoms with Gasteiger partial charge in [0.1, 0.15) is 24.5 Å². The number of nitrogens with zero attached hydrogens (tertiary/aromatic N) is 2. The summed E-state index contributed by atoms with van der Waals surface area (Å²) >= 11 is 0. The number of ether oxygens (including phenoxy) is 1. The molecular weight excluding hydrogens is 474 g/mol. The van der Waals surface area contributed by atoms with Crippen LogP contribution in [0.5, 0.6) is 0 Å². The Balaban J connectivity index is 1.81. The zero-order chi connectivity index (χ0) is 26.8. The molecule has 2 aromatic carbocycles. The molecule has 3 aromatic rings. The molecule has 3 atom stereocenters. The third-order valence-electron chi connectivity index (χ3n) is 5.70. The summed E-state index contributed by atoms with van der Waals surface area (Å²) < 4.78 is 5.90. The summed E-state index contributed by atoms with van der Waals surface area (Å²) in [6, 6.07) is 15.8. The van der Waals surface area contributed by atoms with Gasteiger partial charge in [0.25, 0.3) is 5.91 Å². The molecule has 3 rings (SSSR count). The van der Waals surface area contributed by atoms with Crippen LogP contribution in [0.25, 0.3) is 0 Å². The van der Waals surface area contributed by atoms with Crippen molar-refractivity contribution in [2.45, 2.75) is 44.3 Å². The van der Waals surface area contributed by atoms with Gasteiger partial charge < -0.3 is 21.1 Å². The molecule has 194 valence electrons. The predicted molar refractivity (Wildman–Crippen MR) is 136 cm³/mol. The maximum atomic E-state index is 13.5. The van der Waals surface area contributed by atoms with Crippen LogP contribution in [-0.4, -0.2) is 58.5 Å². The number of methoxy groups -OCH3 is 1. The number of nitrogens with two attached hydrogens (primary N) is 1. The summed E-state index contributed by atoms with van der Waals surface area (Å²) in [4.78, 5) is 54.4. The van der Waals surface area contributed by atoms with Crippen molar-refractivity contribution in [1.29, 1.82) is 0 Å². The number of carbonyl (C=O) groups is 4. The van der Waals surface area contributed by atoms with Crippen molar-refractivity contribution in [2.24, 2.45) is 5.73 Å². The van der Waals surface area contributed by atoms with E-state index in [-0.39, 0.29) is 25.2 Å². The van der Waals surface area contributed by atoms with E-state index in [1.165, 1.54) is 31.1 Å². The highest BCUT2D eigenvalue weighted by Crippen LogP contribution is 2.10. The molecule has 0 bridgehead atoms. The molecule has 0 aliphatic carbocycles. The third kappa shape index (κ3) is 8.11. The molecule has 2 amide bonds. The minimum atomic E-state index is -0.946. The molecule has 10 nitrogen and oxygen atoms in total. The summed E-state index contributed by atoms with van der Waals surface area (Å²) in [5.41, 5.74) is 7.94. The van der Waals surface area contributed by atoms with Crippen LogP contribution < -0.4 is 16.4 Å². The number of imidazole rings is 1. The van der Waals surface area contributed by atoms with Gasteiger partial charge in [-0.2, -0.15) is 0 Å². The second-order valence-corrected chi connectivity index (χ2v) is 8.64. The van der Waals surface area contributed by atoms with Crippen molar-refractivity contribution >= 4 is 23.7 Å². The van der Waals surface area contributed by atoms with Gasteiger partial charge in [-0.05, 0) is 11.1 Å².